The summed E-state index contributed by atoms with van der Waals surface area (Å²) in [4.78, 5) is 14.8. The number of hydrogen-bond acceptors (Lipinski definition) is 5. The number of imidazole rings is 1. The van der Waals surface area contributed by atoms with Crippen LogP contribution in [0.25, 0.3) is 0 Å². The van der Waals surface area contributed by atoms with Crippen LogP contribution in [0.5, 0.6) is 0 Å². The molecular formula is C19H19N3O3S. The quantitative estimate of drug-likeness (QED) is 0.388. The van der Waals surface area contributed by atoms with Gasteiger partial charge in [0.15, 0.2) is 5.16 Å². The predicted molar refractivity (Wildman–Crippen MR) is 101 cm³/mol. The minimum Gasteiger partial charge on any atom is -0.390 e. The zero-order valence-corrected chi connectivity index (χ0v) is 15.1. The largest absolute Gasteiger partial charge is 0.390 e. The van der Waals surface area contributed by atoms with E-state index in [2.05, 4.69) is 36.2 Å². The monoisotopic (exact) mass is 369 g/mol. The van der Waals surface area contributed by atoms with Crippen LogP contribution in [0.15, 0.2) is 59.9 Å². The number of aliphatic hydroxyl groups excluding tert-OH is 1. The molecule has 0 saturated carbocycles. The molecule has 0 radical (unpaired) electrons. The fourth-order valence-corrected chi connectivity index (χ4v) is 3.46. The molecule has 26 heavy (non-hydrogen) atoms. The smallest absolute Gasteiger partial charge is 0.269 e. The highest BCUT2D eigenvalue weighted by Crippen LogP contribution is 2.24. The van der Waals surface area contributed by atoms with Gasteiger partial charge in [-0.1, -0.05) is 53.7 Å². The van der Waals surface area contributed by atoms with Crippen LogP contribution in [-0.4, -0.2) is 19.6 Å². The summed E-state index contributed by atoms with van der Waals surface area (Å²) in [6.45, 7) is 2.62. The summed E-state index contributed by atoms with van der Waals surface area (Å²) >= 11 is 1.54. The molecule has 1 aromatic heterocycles. The van der Waals surface area contributed by atoms with Crippen LogP contribution in [0.2, 0.25) is 0 Å². The van der Waals surface area contributed by atoms with Gasteiger partial charge in [-0.25, -0.2) is 4.98 Å². The summed E-state index contributed by atoms with van der Waals surface area (Å²) in [7, 11) is 0. The summed E-state index contributed by atoms with van der Waals surface area (Å²) in [5, 5.41) is 20.9. The minimum absolute atomic E-state index is 0.0854. The van der Waals surface area contributed by atoms with Gasteiger partial charge in [0, 0.05) is 30.6 Å². The third-order valence-electron chi connectivity index (χ3n) is 3.94. The highest BCUT2D eigenvalue weighted by molar-refractivity contribution is 7.98. The Labute approximate surface area is 155 Å². The molecule has 0 atom stereocenters. The predicted octanol–water partition coefficient (Wildman–Crippen LogP) is 3.93. The average Bonchev–Trinajstić information content (AvgIpc) is 3.04. The fraction of sp³-hybridized carbons (Fsp3) is 0.211. The fourth-order valence-electron chi connectivity index (χ4n) is 2.51. The molecule has 0 aliphatic heterocycles. The van der Waals surface area contributed by atoms with E-state index in [1.807, 2.05) is 10.8 Å². The second-order valence-electron chi connectivity index (χ2n) is 6.00. The van der Waals surface area contributed by atoms with E-state index in [1.54, 1.807) is 23.9 Å². The van der Waals surface area contributed by atoms with Gasteiger partial charge in [-0.3, -0.25) is 10.1 Å². The molecule has 3 aromatic rings. The minimum atomic E-state index is -0.404. The van der Waals surface area contributed by atoms with Crippen LogP contribution < -0.4 is 0 Å². The van der Waals surface area contributed by atoms with Crippen LogP contribution in [-0.2, 0) is 18.9 Å². The third kappa shape index (κ3) is 4.50. The number of hydrogen-bond donors (Lipinski definition) is 1. The van der Waals surface area contributed by atoms with Crippen LogP contribution in [0, 0.1) is 17.0 Å². The van der Waals surface area contributed by atoms with Crippen molar-refractivity contribution in [2.75, 3.05) is 0 Å². The number of aliphatic hydroxyl groups is 1. The topological polar surface area (TPSA) is 81.2 Å². The number of thioether (sulfide) groups is 1. The Morgan fingerprint density at radius 2 is 1.77 bits per heavy atom. The number of benzene rings is 2. The number of nitrogens with zero attached hydrogens (tertiary/aromatic N) is 3. The van der Waals surface area contributed by atoms with Crippen LogP contribution in [0.4, 0.5) is 5.69 Å². The Balaban J connectivity index is 1.73. The maximum atomic E-state index is 10.7. The number of nitro groups is 1. The molecule has 0 saturated heterocycles. The number of rotatable bonds is 7. The first kappa shape index (κ1) is 18.2. The molecule has 1 N–H and O–H groups in total. The van der Waals surface area contributed by atoms with Crippen molar-refractivity contribution in [3.8, 4) is 0 Å². The molecule has 0 fully saturated rings. The third-order valence-corrected chi connectivity index (χ3v) is 5.00. The average molecular weight is 369 g/mol. The highest BCUT2D eigenvalue weighted by atomic mass is 32.2. The van der Waals surface area contributed by atoms with E-state index in [0.29, 0.717) is 18.0 Å². The van der Waals surface area contributed by atoms with E-state index >= 15 is 0 Å². The van der Waals surface area contributed by atoms with E-state index in [4.69, 9.17) is 0 Å². The van der Waals surface area contributed by atoms with Crippen molar-refractivity contribution in [3.05, 3.63) is 87.2 Å². The lowest BCUT2D eigenvalue weighted by Gasteiger charge is -2.08. The van der Waals surface area contributed by atoms with Crippen molar-refractivity contribution in [3.63, 3.8) is 0 Å². The lowest BCUT2D eigenvalue weighted by Crippen LogP contribution is -2.00. The second-order valence-corrected chi connectivity index (χ2v) is 6.94. The van der Waals surface area contributed by atoms with Gasteiger partial charge in [0.05, 0.1) is 17.2 Å². The molecule has 6 nitrogen and oxygen atoms in total. The summed E-state index contributed by atoms with van der Waals surface area (Å²) in [6, 6.07) is 14.8. The molecule has 0 unspecified atom stereocenters. The first-order chi connectivity index (χ1) is 12.5. The van der Waals surface area contributed by atoms with Crippen molar-refractivity contribution in [2.24, 2.45) is 0 Å². The van der Waals surface area contributed by atoms with Crippen molar-refractivity contribution in [1.29, 1.82) is 0 Å². The molecule has 7 heteroatoms. The Morgan fingerprint density at radius 3 is 2.38 bits per heavy atom. The standard InChI is InChI=1S/C19H19N3O3S/c1-14-2-4-15(5-3-14)10-21-11-17(12-23)20-19(21)26-13-16-6-8-18(9-7-16)22(24)25/h2-9,11,23H,10,12-13H2,1H3. The molecule has 2 aromatic carbocycles. The molecular weight excluding hydrogens is 350 g/mol. The number of non-ortho nitro benzene ring substituents is 1. The molecule has 0 aliphatic rings. The highest BCUT2D eigenvalue weighted by Gasteiger charge is 2.10. The maximum absolute atomic E-state index is 10.7. The van der Waals surface area contributed by atoms with E-state index in [0.717, 1.165) is 16.3 Å². The molecule has 3 rings (SSSR count). The van der Waals surface area contributed by atoms with Gasteiger partial charge in [-0.2, -0.15) is 0 Å². The van der Waals surface area contributed by atoms with E-state index < -0.39 is 4.92 Å². The van der Waals surface area contributed by atoms with Gasteiger partial charge in [-0.05, 0) is 18.1 Å². The van der Waals surface area contributed by atoms with E-state index in [9.17, 15) is 15.2 Å². The zero-order valence-electron chi connectivity index (χ0n) is 14.3. The molecule has 134 valence electrons. The molecule has 0 spiro atoms. The van der Waals surface area contributed by atoms with Crippen LogP contribution in [0.1, 0.15) is 22.4 Å². The molecule has 0 aliphatic carbocycles. The van der Waals surface area contributed by atoms with E-state index in [1.165, 1.54) is 17.7 Å². The van der Waals surface area contributed by atoms with Crippen molar-refractivity contribution in [2.45, 2.75) is 31.0 Å². The summed E-state index contributed by atoms with van der Waals surface area (Å²) in [5.41, 5.74) is 4.07. The molecule has 0 amide bonds. The van der Waals surface area contributed by atoms with Gasteiger partial charge in [-0.15, -0.1) is 0 Å². The normalized spacial score (nSPS) is 10.8. The van der Waals surface area contributed by atoms with Gasteiger partial charge in [0.1, 0.15) is 0 Å². The lowest BCUT2D eigenvalue weighted by atomic mass is 10.1. The SMILES string of the molecule is Cc1ccc(Cn2cc(CO)nc2SCc2ccc([N+](=O)[O-])cc2)cc1. The summed E-state index contributed by atoms with van der Waals surface area (Å²) in [5.74, 6) is 0.647. The van der Waals surface area contributed by atoms with Crippen molar-refractivity contribution < 1.29 is 10.0 Å². The van der Waals surface area contributed by atoms with Gasteiger partial charge < -0.3 is 9.67 Å². The van der Waals surface area contributed by atoms with Gasteiger partial charge >= 0.3 is 0 Å². The van der Waals surface area contributed by atoms with Crippen LogP contribution in [0.3, 0.4) is 0 Å². The number of aryl methyl sites for hydroxylation is 1. The van der Waals surface area contributed by atoms with Crippen molar-refractivity contribution in [1.82, 2.24) is 9.55 Å². The Morgan fingerprint density at radius 1 is 1.12 bits per heavy atom. The first-order valence-corrected chi connectivity index (χ1v) is 9.12. The van der Waals surface area contributed by atoms with Gasteiger partial charge in [0.2, 0.25) is 0 Å². The number of nitro benzene ring substituents is 1. The Bertz CT molecular complexity index is 889. The molecule has 1 heterocycles. The number of aromatic nitrogens is 2. The summed E-state index contributed by atoms with van der Waals surface area (Å²) < 4.78 is 2.02. The maximum Gasteiger partial charge on any atom is 0.269 e. The molecule has 0 bridgehead atoms. The zero-order chi connectivity index (χ0) is 18.5. The first-order valence-electron chi connectivity index (χ1n) is 8.14. The Hall–Kier alpha value is -2.64. The van der Waals surface area contributed by atoms with Crippen molar-refractivity contribution >= 4 is 17.4 Å². The second kappa shape index (κ2) is 8.16. The van der Waals surface area contributed by atoms with E-state index in [-0.39, 0.29) is 12.3 Å². The van der Waals surface area contributed by atoms with Crippen LogP contribution >= 0.6 is 11.8 Å². The summed E-state index contributed by atoms with van der Waals surface area (Å²) in [6.07, 6.45) is 1.86. The lowest BCUT2D eigenvalue weighted by molar-refractivity contribution is -0.384. The Kier molecular flexibility index (Phi) is 5.70. The van der Waals surface area contributed by atoms with Gasteiger partial charge in [0.25, 0.3) is 5.69 Å².